The lowest BCUT2D eigenvalue weighted by Crippen LogP contribution is -2.17. The van der Waals surface area contributed by atoms with Crippen molar-refractivity contribution in [3.8, 4) is 5.75 Å². The first-order valence-electron chi connectivity index (χ1n) is 6.52. The van der Waals surface area contributed by atoms with E-state index in [2.05, 4.69) is 9.59 Å². The molecule has 2 aromatic rings. The molecule has 0 aliphatic heterocycles. The Balaban J connectivity index is 2.30. The van der Waals surface area contributed by atoms with Crippen molar-refractivity contribution in [2.24, 2.45) is 0 Å². The van der Waals surface area contributed by atoms with Crippen LogP contribution in [-0.2, 0) is 11.8 Å². The smallest absolute Gasteiger partial charge is 0.180 e. The number of hydrogen-bond acceptors (Lipinski definition) is 5. The topological polar surface area (TPSA) is 52.1 Å². The molecule has 1 heterocycles. The van der Waals surface area contributed by atoms with Crippen molar-refractivity contribution in [1.29, 1.82) is 0 Å². The van der Waals surface area contributed by atoms with Gasteiger partial charge in [0.2, 0.25) is 0 Å². The Hall–Kier alpha value is -1.82. The molecule has 6 heteroatoms. The maximum absolute atomic E-state index is 14.1. The van der Waals surface area contributed by atoms with Crippen LogP contribution in [0.1, 0.15) is 41.7 Å². The van der Waals surface area contributed by atoms with Crippen molar-refractivity contribution in [3.05, 3.63) is 40.2 Å². The second-order valence-corrected chi connectivity index (χ2v) is 6.49. The molecule has 21 heavy (non-hydrogen) atoms. The van der Waals surface area contributed by atoms with Crippen LogP contribution in [0, 0.1) is 5.82 Å². The van der Waals surface area contributed by atoms with E-state index in [1.165, 1.54) is 13.2 Å². The highest BCUT2D eigenvalue weighted by molar-refractivity contribution is 7.08. The number of ether oxygens (including phenoxy) is 1. The van der Waals surface area contributed by atoms with Crippen LogP contribution in [0.15, 0.2) is 18.2 Å². The Morgan fingerprint density at radius 2 is 2.10 bits per heavy atom. The number of carbonyl (C=O) groups excluding carboxylic acids is 1. The summed E-state index contributed by atoms with van der Waals surface area (Å²) in [5, 5.41) is 4.04. The maximum atomic E-state index is 14.1. The molecule has 0 amide bonds. The number of ketones is 1. The van der Waals surface area contributed by atoms with Crippen molar-refractivity contribution in [3.63, 3.8) is 0 Å². The van der Waals surface area contributed by atoms with Gasteiger partial charge in [0.15, 0.2) is 17.3 Å². The standard InChI is InChI=1S/C15H17FN2O2S/c1-15(2,3)14-13(21-18-17-14)10(19)8-9-6-5-7-11(20-4)12(9)16/h5-7H,8H2,1-4H3. The SMILES string of the molecule is COc1cccc(CC(=O)c2snnc2C(C)(C)C)c1F. The van der Waals surface area contributed by atoms with Gasteiger partial charge in [-0.25, -0.2) is 4.39 Å². The molecule has 2 rings (SSSR count). The first-order chi connectivity index (χ1) is 9.84. The van der Waals surface area contributed by atoms with Crippen molar-refractivity contribution in [1.82, 2.24) is 9.59 Å². The molecular weight excluding hydrogens is 291 g/mol. The van der Waals surface area contributed by atoms with E-state index >= 15 is 0 Å². The van der Waals surface area contributed by atoms with Gasteiger partial charge >= 0.3 is 0 Å². The van der Waals surface area contributed by atoms with Gasteiger partial charge in [-0.1, -0.05) is 37.4 Å². The fourth-order valence-corrected chi connectivity index (χ4v) is 2.78. The fourth-order valence-electron chi connectivity index (χ4n) is 1.97. The maximum Gasteiger partial charge on any atom is 0.180 e. The van der Waals surface area contributed by atoms with E-state index < -0.39 is 5.82 Å². The molecule has 1 aromatic carbocycles. The van der Waals surface area contributed by atoms with Gasteiger partial charge in [0, 0.05) is 11.8 Å². The molecule has 0 saturated carbocycles. The molecule has 0 bridgehead atoms. The summed E-state index contributed by atoms with van der Waals surface area (Å²) in [6, 6.07) is 4.78. The number of hydrogen-bond donors (Lipinski definition) is 0. The molecule has 0 spiro atoms. The molecule has 112 valence electrons. The number of methoxy groups -OCH3 is 1. The zero-order valence-electron chi connectivity index (χ0n) is 12.4. The Kier molecular flexibility index (Phi) is 4.37. The number of halogens is 1. The molecular formula is C15H17FN2O2S. The summed E-state index contributed by atoms with van der Waals surface area (Å²) in [6.45, 7) is 5.89. The summed E-state index contributed by atoms with van der Waals surface area (Å²) in [7, 11) is 1.40. The number of carbonyl (C=O) groups is 1. The average Bonchev–Trinajstić information content (AvgIpc) is 2.90. The molecule has 0 N–H and O–H groups in total. The Morgan fingerprint density at radius 1 is 1.38 bits per heavy atom. The summed E-state index contributed by atoms with van der Waals surface area (Å²) >= 11 is 1.06. The quantitative estimate of drug-likeness (QED) is 0.812. The molecule has 0 fully saturated rings. The number of Topliss-reactive ketones (excluding diaryl/α,β-unsaturated/α-hetero) is 1. The first kappa shape index (κ1) is 15.6. The molecule has 0 unspecified atom stereocenters. The van der Waals surface area contributed by atoms with Crippen molar-refractivity contribution < 1.29 is 13.9 Å². The van der Waals surface area contributed by atoms with Gasteiger partial charge in [-0.05, 0) is 23.2 Å². The van der Waals surface area contributed by atoms with Crippen LogP contribution < -0.4 is 4.74 Å². The lowest BCUT2D eigenvalue weighted by atomic mass is 9.90. The summed E-state index contributed by atoms with van der Waals surface area (Å²) in [5.41, 5.74) is 0.693. The molecule has 0 aliphatic rings. The van der Waals surface area contributed by atoms with Crippen LogP contribution in [0.3, 0.4) is 0 Å². The van der Waals surface area contributed by atoms with Crippen LogP contribution in [0.4, 0.5) is 4.39 Å². The minimum Gasteiger partial charge on any atom is -0.494 e. The van der Waals surface area contributed by atoms with Crippen LogP contribution in [0.2, 0.25) is 0 Å². The summed E-state index contributed by atoms with van der Waals surface area (Å²) in [6.07, 6.45) is -0.0318. The summed E-state index contributed by atoms with van der Waals surface area (Å²) in [4.78, 5) is 12.9. The minimum atomic E-state index is -0.497. The summed E-state index contributed by atoms with van der Waals surface area (Å²) < 4.78 is 22.9. The highest BCUT2D eigenvalue weighted by Crippen LogP contribution is 2.28. The van der Waals surface area contributed by atoms with Crippen molar-refractivity contribution in [2.75, 3.05) is 7.11 Å². The van der Waals surface area contributed by atoms with Crippen LogP contribution in [0.5, 0.6) is 5.75 Å². The third kappa shape index (κ3) is 3.26. The predicted octanol–water partition coefficient (Wildman–Crippen LogP) is 3.41. The van der Waals surface area contributed by atoms with E-state index in [0.717, 1.165) is 11.5 Å². The van der Waals surface area contributed by atoms with Crippen molar-refractivity contribution in [2.45, 2.75) is 32.6 Å². The second-order valence-electron chi connectivity index (χ2n) is 5.73. The van der Waals surface area contributed by atoms with Gasteiger partial charge < -0.3 is 4.74 Å². The number of aromatic nitrogens is 2. The molecule has 0 saturated heterocycles. The number of benzene rings is 1. The highest BCUT2D eigenvalue weighted by Gasteiger charge is 2.26. The molecule has 1 aromatic heterocycles. The highest BCUT2D eigenvalue weighted by atomic mass is 32.1. The lowest BCUT2D eigenvalue weighted by molar-refractivity contribution is 0.0993. The molecule has 4 nitrogen and oxygen atoms in total. The van der Waals surface area contributed by atoms with Crippen LogP contribution >= 0.6 is 11.5 Å². The van der Waals surface area contributed by atoms with Gasteiger partial charge in [-0.3, -0.25) is 4.79 Å². The number of nitrogens with zero attached hydrogens (tertiary/aromatic N) is 2. The second kappa shape index (κ2) is 5.89. The molecule has 0 aliphatic carbocycles. The average molecular weight is 308 g/mol. The van der Waals surface area contributed by atoms with Gasteiger partial charge in [-0.15, -0.1) is 5.10 Å². The fraction of sp³-hybridized carbons (Fsp3) is 0.400. The van der Waals surface area contributed by atoms with Gasteiger partial charge in [0.05, 0.1) is 12.8 Å². The van der Waals surface area contributed by atoms with Crippen molar-refractivity contribution >= 4 is 17.3 Å². The van der Waals surface area contributed by atoms with Gasteiger partial charge in [0.25, 0.3) is 0 Å². The Bertz CT molecular complexity index is 662. The van der Waals surface area contributed by atoms with E-state index in [0.29, 0.717) is 16.1 Å². The number of rotatable bonds is 4. The van der Waals surface area contributed by atoms with E-state index in [1.807, 2.05) is 20.8 Å². The van der Waals surface area contributed by atoms with Crippen LogP contribution in [0.25, 0.3) is 0 Å². The largest absolute Gasteiger partial charge is 0.494 e. The zero-order valence-corrected chi connectivity index (χ0v) is 13.3. The third-order valence-electron chi connectivity index (χ3n) is 3.07. The van der Waals surface area contributed by atoms with E-state index in [4.69, 9.17) is 4.74 Å². The molecule has 0 atom stereocenters. The Morgan fingerprint density at radius 3 is 2.71 bits per heavy atom. The van der Waals surface area contributed by atoms with Crippen LogP contribution in [-0.4, -0.2) is 22.5 Å². The van der Waals surface area contributed by atoms with E-state index in [1.54, 1.807) is 12.1 Å². The predicted molar refractivity (Wildman–Crippen MR) is 79.6 cm³/mol. The normalized spacial score (nSPS) is 11.5. The van der Waals surface area contributed by atoms with E-state index in [-0.39, 0.29) is 23.4 Å². The third-order valence-corrected chi connectivity index (χ3v) is 3.83. The van der Waals surface area contributed by atoms with Gasteiger partial charge in [-0.2, -0.15) is 0 Å². The van der Waals surface area contributed by atoms with E-state index in [9.17, 15) is 9.18 Å². The zero-order chi connectivity index (χ0) is 15.6. The lowest BCUT2D eigenvalue weighted by Gasteiger charge is -2.16. The minimum absolute atomic E-state index is 0.0318. The summed E-state index contributed by atoms with van der Waals surface area (Å²) in [5.74, 6) is -0.538. The molecule has 0 radical (unpaired) electrons. The Labute approximate surface area is 127 Å². The van der Waals surface area contributed by atoms with Gasteiger partial charge in [0.1, 0.15) is 4.88 Å². The first-order valence-corrected chi connectivity index (χ1v) is 7.29. The monoisotopic (exact) mass is 308 g/mol.